The second-order valence-electron chi connectivity index (χ2n) is 8.87. The molecule has 2 heterocycles. The molecule has 8 heteroatoms. The molecule has 1 N–H and O–H groups in total. The number of aliphatic hydroxyl groups excluding tert-OH is 1. The molecule has 1 fully saturated rings. The molecule has 6 nitrogen and oxygen atoms in total. The minimum Gasteiger partial charge on any atom is -0.376 e. The van der Waals surface area contributed by atoms with Crippen molar-refractivity contribution >= 4 is 5.91 Å². The van der Waals surface area contributed by atoms with Crippen molar-refractivity contribution in [3.63, 3.8) is 0 Å². The van der Waals surface area contributed by atoms with Crippen LogP contribution in [0.3, 0.4) is 0 Å². The molecule has 0 bridgehead atoms. The molecule has 1 amide bonds. The summed E-state index contributed by atoms with van der Waals surface area (Å²) in [6.07, 6.45) is -0.264. The van der Waals surface area contributed by atoms with Gasteiger partial charge in [-0.1, -0.05) is 49.3 Å². The van der Waals surface area contributed by atoms with Crippen molar-refractivity contribution in [1.82, 2.24) is 15.0 Å². The van der Waals surface area contributed by atoms with Crippen LogP contribution in [0, 0.1) is 17.6 Å². The molecule has 0 saturated carbocycles. The minimum absolute atomic E-state index is 0.0482. The first-order valence-corrected chi connectivity index (χ1v) is 10.9. The van der Waals surface area contributed by atoms with Crippen LogP contribution in [0.4, 0.5) is 8.78 Å². The highest BCUT2D eigenvalue weighted by Crippen LogP contribution is 2.33. The maximum Gasteiger partial charge on any atom is 0.276 e. The average molecular weight is 456 g/mol. The smallest absolute Gasteiger partial charge is 0.276 e. The fraction of sp³-hybridized carbons (Fsp3) is 0.360. The summed E-state index contributed by atoms with van der Waals surface area (Å²) in [7, 11) is 1.86. The summed E-state index contributed by atoms with van der Waals surface area (Å²) in [5.41, 5.74) is 1.31. The standard InChI is InChI=1S/C25H27F2N3O3/c1-15(2)11-21-25(32)29(3)22(16-7-5-4-6-8-16)14-30(21)24(31)20-13-23(33-28-20)17-9-10-18(26)19(27)12-17/h4-10,12-13,15,21-22,25,32H,11,14H2,1-3H3/t21-,22+,25?/m0/s1. The number of likely N-dealkylation sites (N-methyl/N-ethyl adjacent to an activating group) is 1. The van der Waals surface area contributed by atoms with Gasteiger partial charge in [-0.3, -0.25) is 9.69 Å². The van der Waals surface area contributed by atoms with E-state index in [-0.39, 0.29) is 34.9 Å². The Morgan fingerprint density at radius 2 is 1.88 bits per heavy atom. The molecule has 0 radical (unpaired) electrons. The van der Waals surface area contributed by atoms with Crippen molar-refractivity contribution < 1.29 is 23.2 Å². The number of benzene rings is 2. The number of rotatable bonds is 5. The van der Waals surface area contributed by atoms with Crippen molar-refractivity contribution in [2.24, 2.45) is 5.92 Å². The molecule has 3 aromatic rings. The first-order chi connectivity index (χ1) is 15.8. The summed E-state index contributed by atoms with van der Waals surface area (Å²) in [6, 6.07) is 13.8. The fourth-order valence-corrected chi connectivity index (χ4v) is 4.36. The zero-order chi connectivity index (χ0) is 23.7. The molecule has 3 atom stereocenters. The van der Waals surface area contributed by atoms with E-state index in [0.717, 1.165) is 17.7 Å². The largest absolute Gasteiger partial charge is 0.376 e. The molecule has 174 valence electrons. The van der Waals surface area contributed by atoms with Crippen molar-refractivity contribution in [1.29, 1.82) is 0 Å². The third-order valence-corrected chi connectivity index (χ3v) is 6.11. The highest BCUT2D eigenvalue weighted by atomic mass is 19.2. The number of hydrogen-bond donors (Lipinski definition) is 1. The van der Waals surface area contributed by atoms with E-state index in [9.17, 15) is 18.7 Å². The van der Waals surface area contributed by atoms with Crippen LogP contribution in [0.5, 0.6) is 0 Å². The van der Waals surface area contributed by atoms with Crippen LogP contribution in [0.1, 0.15) is 42.4 Å². The van der Waals surface area contributed by atoms with Gasteiger partial charge in [0.25, 0.3) is 5.91 Å². The molecule has 2 aromatic carbocycles. The van der Waals surface area contributed by atoms with Gasteiger partial charge in [-0.25, -0.2) is 8.78 Å². The maximum atomic E-state index is 13.6. The van der Waals surface area contributed by atoms with E-state index in [2.05, 4.69) is 5.16 Å². The minimum atomic E-state index is -1.01. The van der Waals surface area contributed by atoms with Crippen LogP contribution in [0.2, 0.25) is 0 Å². The Morgan fingerprint density at radius 3 is 2.55 bits per heavy atom. The van der Waals surface area contributed by atoms with Crippen molar-refractivity contribution in [3.05, 3.63) is 77.5 Å². The molecular weight excluding hydrogens is 428 g/mol. The molecule has 1 aromatic heterocycles. The zero-order valence-corrected chi connectivity index (χ0v) is 18.8. The topological polar surface area (TPSA) is 69.8 Å². The quantitative estimate of drug-likeness (QED) is 0.614. The van der Waals surface area contributed by atoms with Gasteiger partial charge < -0.3 is 14.5 Å². The van der Waals surface area contributed by atoms with Crippen LogP contribution in [-0.2, 0) is 0 Å². The normalized spacial score (nSPS) is 21.5. The molecule has 1 aliphatic heterocycles. The molecule has 33 heavy (non-hydrogen) atoms. The first kappa shape index (κ1) is 23.1. The Bertz CT molecular complexity index is 1120. The highest BCUT2D eigenvalue weighted by molar-refractivity contribution is 5.93. The number of aliphatic hydroxyl groups is 1. The van der Waals surface area contributed by atoms with E-state index in [1.54, 1.807) is 4.90 Å². The molecule has 0 spiro atoms. The Balaban J connectivity index is 1.65. The lowest BCUT2D eigenvalue weighted by Crippen LogP contribution is -2.61. The van der Waals surface area contributed by atoms with Gasteiger partial charge in [0.1, 0.15) is 6.23 Å². The van der Waals surface area contributed by atoms with E-state index < -0.39 is 23.9 Å². The van der Waals surface area contributed by atoms with Crippen LogP contribution in [0.25, 0.3) is 11.3 Å². The van der Waals surface area contributed by atoms with Crippen molar-refractivity contribution in [2.75, 3.05) is 13.6 Å². The Kier molecular flexibility index (Phi) is 6.58. The van der Waals surface area contributed by atoms with Gasteiger partial charge in [-0.2, -0.15) is 0 Å². The number of nitrogens with zero attached hydrogens (tertiary/aromatic N) is 3. The van der Waals surface area contributed by atoms with Crippen molar-refractivity contribution in [2.45, 2.75) is 38.6 Å². The Hall–Kier alpha value is -3.10. The van der Waals surface area contributed by atoms with E-state index in [0.29, 0.717) is 13.0 Å². The summed E-state index contributed by atoms with van der Waals surface area (Å²) in [4.78, 5) is 17.1. The summed E-state index contributed by atoms with van der Waals surface area (Å²) < 4.78 is 32.2. The van der Waals surface area contributed by atoms with Crippen LogP contribution in [0.15, 0.2) is 59.1 Å². The SMILES string of the molecule is CC(C)C[C@H]1C(O)N(C)[C@@H](c2ccccc2)CN1C(=O)c1cc(-c2ccc(F)c(F)c2)on1. The highest BCUT2D eigenvalue weighted by Gasteiger charge is 2.42. The first-order valence-electron chi connectivity index (χ1n) is 10.9. The third kappa shape index (κ3) is 4.67. The Labute approximate surface area is 191 Å². The second kappa shape index (κ2) is 9.41. The second-order valence-corrected chi connectivity index (χ2v) is 8.87. The van der Waals surface area contributed by atoms with Gasteiger partial charge in [-0.15, -0.1) is 0 Å². The van der Waals surface area contributed by atoms with Gasteiger partial charge in [0, 0.05) is 18.2 Å². The number of halogens is 2. The number of carbonyl (C=O) groups excluding carboxylic acids is 1. The molecular formula is C25H27F2N3O3. The number of hydrogen-bond acceptors (Lipinski definition) is 5. The third-order valence-electron chi connectivity index (χ3n) is 6.11. The molecule has 1 saturated heterocycles. The van der Waals surface area contributed by atoms with Gasteiger partial charge in [0.2, 0.25) is 0 Å². The monoisotopic (exact) mass is 455 g/mol. The van der Waals surface area contributed by atoms with Gasteiger partial charge in [0.05, 0.1) is 12.1 Å². The lowest BCUT2D eigenvalue weighted by Gasteiger charge is -2.48. The average Bonchev–Trinajstić information content (AvgIpc) is 3.29. The van der Waals surface area contributed by atoms with Gasteiger partial charge in [0.15, 0.2) is 23.1 Å². The van der Waals surface area contributed by atoms with Crippen LogP contribution < -0.4 is 0 Å². The van der Waals surface area contributed by atoms with Crippen molar-refractivity contribution in [3.8, 4) is 11.3 Å². The summed E-state index contributed by atoms with van der Waals surface area (Å²) in [5.74, 6) is -1.96. The molecule has 1 unspecified atom stereocenters. The fourth-order valence-electron chi connectivity index (χ4n) is 4.36. The van der Waals surface area contributed by atoms with Crippen LogP contribution in [-0.4, -0.2) is 51.8 Å². The predicted octanol–water partition coefficient (Wildman–Crippen LogP) is 4.48. The Morgan fingerprint density at radius 1 is 1.15 bits per heavy atom. The lowest BCUT2D eigenvalue weighted by molar-refractivity contribution is -0.107. The van der Waals surface area contributed by atoms with E-state index in [1.807, 2.05) is 56.1 Å². The van der Waals surface area contributed by atoms with E-state index in [1.165, 1.54) is 12.1 Å². The predicted molar refractivity (Wildman–Crippen MR) is 119 cm³/mol. The number of carbonyl (C=O) groups is 1. The summed E-state index contributed by atoms with van der Waals surface area (Å²) >= 11 is 0. The molecule has 1 aliphatic rings. The summed E-state index contributed by atoms with van der Waals surface area (Å²) in [5, 5.41) is 15.0. The van der Waals surface area contributed by atoms with E-state index >= 15 is 0 Å². The molecule has 4 rings (SSSR count). The van der Waals surface area contributed by atoms with Gasteiger partial charge >= 0.3 is 0 Å². The maximum absolute atomic E-state index is 13.6. The van der Waals surface area contributed by atoms with E-state index in [4.69, 9.17) is 4.52 Å². The number of aromatic nitrogens is 1. The number of piperazine rings is 1. The lowest BCUT2D eigenvalue weighted by atomic mass is 9.93. The zero-order valence-electron chi connectivity index (χ0n) is 18.8. The molecule has 0 aliphatic carbocycles. The number of amides is 1. The van der Waals surface area contributed by atoms with Crippen LogP contribution >= 0.6 is 0 Å². The summed E-state index contributed by atoms with van der Waals surface area (Å²) in [6.45, 7) is 4.44. The van der Waals surface area contributed by atoms with Gasteiger partial charge in [-0.05, 0) is 43.1 Å².